The molecule has 0 spiro atoms. The molecule has 2 aliphatic heterocycles. The molecule has 3 aliphatic rings. The number of hydrogen-bond donors (Lipinski definition) is 0. The molecular weight excluding hydrogens is 414 g/mol. The molecule has 31 heavy (non-hydrogen) atoms. The first kappa shape index (κ1) is 20.4. The van der Waals surface area contributed by atoms with Crippen LogP contribution in [0.1, 0.15) is 34.8 Å². The summed E-state index contributed by atoms with van der Waals surface area (Å²) in [7, 11) is -0.508. The zero-order chi connectivity index (χ0) is 21.8. The molecule has 164 valence electrons. The van der Waals surface area contributed by atoms with E-state index in [1.165, 1.54) is 43.4 Å². The molecule has 0 bridgehead atoms. The molecule has 9 heteroatoms. The highest BCUT2D eigenvalue weighted by molar-refractivity contribution is 7.89. The third-order valence-electron chi connectivity index (χ3n) is 6.64. The first-order valence-corrected chi connectivity index (χ1v) is 12.2. The highest BCUT2D eigenvalue weighted by atomic mass is 32.2. The van der Waals surface area contributed by atoms with Crippen molar-refractivity contribution in [2.75, 3.05) is 45.2 Å². The fourth-order valence-corrected chi connectivity index (χ4v) is 5.51. The highest BCUT2D eigenvalue weighted by Gasteiger charge is 2.42. The van der Waals surface area contributed by atoms with E-state index < -0.39 is 10.0 Å². The van der Waals surface area contributed by atoms with Gasteiger partial charge < -0.3 is 9.80 Å². The molecule has 1 aliphatic carbocycles. The van der Waals surface area contributed by atoms with Gasteiger partial charge in [-0.3, -0.25) is 4.79 Å². The van der Waals surface area contributed by atoms with Crippen LogP contribution in [0.4, 0.5) is 5.82 Å². The third kappa shape index (κ3) is 3.80. The molecule has 1 aromatic heterocycles. The van der Waals surface area contributed by atoms with Crippen LogP contribution in [0.2, 0.25) is 0 Å². The van der Waals surface area contributed by atoms with Gasteiger partial charge in [-0.2, -0.15) is 5.10 Å². The number of rotatable bonds is 5. The molecule has 5 rings (SSSR count). The van der Waals surface area contributed by atoms with E-state index in [0.29, 0.717) is 36.4 Å². The Kier molecular flexibility index (Phi) is 4.97. The average Bonchev–Trinajstić information content (AvgIpc) is 3.43. The van der Waals surface area contributed by atoms with Gasteiger partial charge in [0.05, 0.1) is 10.6 Å². The number of benzene rings is 1. The van der Waals surface area contributed by atoms with Gasteiger partial charge in [-0.05, 0) is 49.2 Å². The zero-order valence-electron chi connectivity index (χ0n) is 17.8. The maximum Gasteiger partial charge on any atom is 0.253 e. The number of hydrogen-bond acceptors (Lipinski definition) is 6. The van der Waals surface area contributed by atoms with Crippen molar-refractivity contribution in [1.82, 2.24) is 19.4 Å². The van der Waals surface area contributed by atoms with Gasteiger partial charge in [0.2, 0.25) is 10.0 Å². The minimum absolute atomic E-state index is 0.0386. The SMILES string of the molecule is CN(C)S(=O)(=O)c1ccc(C(=O)N2CC3CN(c4ccc(C5CC5)nn4)CC3C2)cc1. The summed E-state index contributed by atoms with van der Waals surface area (Å²) in [6, 6.07) is 10.4. The molecule has 3 fully saturated rings. The molecule has 1 saturated carbocycles. The summed E-state index contributed by atoms with van der Waals surface area (Å²) < 4.78 is 25.6. The normalized spacial score (nSPS) is 23.5. The molecule has 2 atom stereocenters. The zero-order valence-corrected chi connectivity index (χ0v) is 18.6. The van der Waals surface area contributed by atoms with Gasteiger partial charge in [0.15, 0.2) is 5.82 Å². The van der Waals surface area contributed by atoms with E-state index in [2.05, 4.69) is 27.2 Å². The van der Waals surface area contributed by atoms with Crippen molar-refractivity contribution in [3.63, 3.8) is 0 Å². The number of carbonyl (C=O) groups is 1. The Balaban J connectivity index is 1.21. The molecule has 0 N–H and O–H groups in total. The summed E-state index contributed by atoms with van der Waals surface area (Å²) in [5.41, 5.74) is 1.63. The largest absolute Gasteiger partial charge is 0.354 e. The van der Waals surface area contributed by atoms with Crippen molar-refractivity contribution in [2.45, 2.75) is 23.7 Å². The summed E-state index contributed by atoms with van der Waals surface area (Å²) in [5, 5.41) is 8.83. The number of aromatic nitrogens is 2. The molecule has 2 saturated heterocycles. The fourth-order valence-electron chi connectivity index (χ4n) is 4.61. The summed E-state index contributed by atoms with van der Waals surface area (Å²) in [6.07, 6.45) is 2.44. The van der Waals surface area contributed by atoms with Crippen LogP contribution in [0, 0.1) is 11.8 Å². The molecule has 1 aromatic carbocycles. The van der Waals surface area contributed by atoms with Gasteiger partial charge in [0, 0.05) is 63.6 Å². The van der Waals surface area contributed by atoms with Crippen molar-refractivity contribution in [2.24, 2.45) is 11.8 Å². The third-order valence-corrected chi connectivity index (χ3v) is 8.47. The molecule has 1 amide bonds. The van der Waals surface area contributed by atoms with Crippen molar-refractivity contribution in [1.29, 1.82) is 0 Å². The Morgan fingerprint density at radius 2 is 1.58 bits per heavy atom. The van der Waals surface area contributed by atoms with Crippen LogP contribution in [0.3, 0.4) is 0 Å². The lowest BCUT2D eigenvalue weighted by Crippen LogP contribution is -2.33. The van der Waals surface area contributed by atoms with E-state index in [9.17, 15) is 13.2 Å². The van der Waals surface area contributed by atoms with Crippen LogP contribution in [0.15, 0.2) is 41.3 Å². The van der Waals surface area contributed by atoms with Crippen LogP contribution in [-0.2, 0) is 10.0 Å². The summed E-state index contributed by atoms with van der Waals surface area (Å²) in [6.45, 7) is 3.19. The predicted molar refractivity (Wildman–Crippen MR) is 116 cm³/mol. The van der Waals surface area contributed by atoms with Crippen molar-refractivity contribution in [3.05, 3.63) is 47.7 Å². The average molecular weight is 442 g/mol. The number of fused-ring (bicyclic) bond motifs is 1. The number of sulfonamides is 1. The van der Waals surface area contributed by atoms with Crippen molar-refractivity contribution >= 4 is 21.7 Å². The lowest BCUT2D eigenvalue weighted by Gasteiger charge is -2.22. The van der Waals surface area contributed by atoms with Gasteiger partial charge >= 0.3 is 0 Å². The maximum atomic E-state index is 13.0. The van der Waals surface area contributed by atoms with Gasteiger partial charge in [-0.15, -0.1) is 5.10 Å². The second kappa shape index (κ2) is 7.56. The second-order valence-corrected chi connectivity index (χ2v) is 11.2. The topological polar surface area (TPSA) is 86.7 Å². The molecular formula is C22H27N5O3S. The van der Waals surface area contributed by atoms with E-state index in [-0.39, 0.29) is 10.8 Å². The molecule has 2 unspecified atom stereocenters. The maximum absolute atomic E-state index is 13.0. The van der Waals surface area contributed by atoms with E-state index in [1.54, 1.807) is 12.1 Å². The summed E-state index contributed by atoms with van der Waals surface area (Å²) >= 11 is 0. The number of anilines is 1. The quantitative estimate of drug-likeness (QED) is 0.703. The van der Waals surface area contributed by atoms with E-state index in [4.69, 9.17) is 0 Å². The number of likely N-dealkylation sites (tertiary alicyclic amines) is 1. The lowest BCUT2D eigenvalue weighted by molar-refractivity contribution is 0.0782. The van der Waals surface area contributed by atoms with Crippen molar-refractivity contribution in [3.8, 4) is 0 Å². The van der Waals surface area contributed by atoms with Gasteiger partial charge in [0.1, 0.15) is 0 Å². The first-order chi connectivity index (χ1) is 14.8. The fraction of sp³-hybridized carbons (Fsp3) is 0.500. The first-order valence-electron chi connectivity index (χ1n) is 10.7. The molecule has 2 aromatic rings. The van der Waals surface area contributed by atoms with Crippen LogP contribution in [0.25, 0.3) is 0 Å². The van der Waals surface area contributed by atoms with Crippen LogP contribution in [-0.4, -0.2) is 74.0 Å². The van der Waals surface area contributed by atoms with Gasteiger partial charge in [-0.25, -0.2) is 12.7 Å². The molecule has 0 radical (unpaired) electrons. The van der Waals surface area contributed by atoms with E-state index in [1.807, 2.05) is 4.90 Å². The molecule has 3 heterocycles. The Morgan fingerprint density at radius 1 is 0.935 bits per heavy atom. The monoisotopic (exact) mass is 441 g/mol. The number of nitrogens with zero attached hydrogens (tertiary/aromatic N) is 5. The Labute approximate surface area is 182 Å². The predicted octanol–water partition coefficient (Wildman–Crippen LogP) is 1.81. The number of amides is 1. The summed E-state index contributed by atoms with van der Waals surface area (Å²) in [5.74, 6) is 2.33. The smallest absolute Gasteiger partial charge is 0.253 e. The van der Waals surface area contributed by atoms with Gasteiger partial charge in [0.25, 0.3) is 5.91 Å². The van der Waals surface area contributed by atoms with E-state index in [0.717, 1.165) is 24.6 Å². The Morgan fingerprint density at radius 3 is 2.10 bits per heavy atom. The van der Waals surface area contributed by atoms with Crippen molar-refractivity contribution < 1.29 is 13.2 Å². The second-order valence-electron chi connectivity index (χ2n) is 9.04. The highest BCUT2D eigenvalue weighted by Crippen LogP contribution is 2.39. The summed E-state index contributed by atoms with van der Waals surface area (Å²) in [4.78, 5) is 17.3. The van der Waals surface area contributed by atoms with E-state index >= 15 is 0 Å². The number of carbonyl (C=O) groups excluding carboxylic acids is 1. The van der Waals surface area contributed by atoms with Gasteiger partial charge in [-0.1, -0.05) is 0 Å². The van der Waals surface area contributed by atoms with Crippen LogP contribution < -0.4 is 4.90 Å². The Bertz CT molecular complexity index is 1070. The minimum atomic E-state index is -3.50. The standard InChI is InChI=1S/C22H27N5O3S/c1-25(2)31(29,30)19-7-5-16(6-8-19)22(28)27-13-17-11-26(12-18(17)14-27)21-10-9-20(23-24-21)15-3-4-15/h5-10,15,17-18H,3-4,11-14H2,1-2H3. The molecule has 8 nitrogen and oxygen atoms in total. The lowest BCUT2D eigenvalue weighted by atomic mass is 10.0. The Hall–Kier alpha value is -2.52. The minimum Gasteiger partial charge on any atom is -0.354 e. The van der Waals surface area contributed by atoms with Crippen LogP contribution in [0.5, 0.6) is 0 Å². The van der Waals surface area contributed by atoms with Crippen LogP contribution >= 0.6 is 0 Å².